The van der Waals surface area contributed by atoms with Gasteiger partial charge in [0.2, 0.25) is 0 Å². The van der Waals surface area contributed by atoms with Crippen LogP contribution < -0.4 is 0 Å². The molecule has 33 heavy (non-hydrogen) atoms. The first kappa shape index (κ1) is 23.3. The van der Waals surface area contributed by atoms with E-state index in [1.54, 1.807) is 10.6 Å². The van der Waals surface area contributed by atoms with Crippen molar-refractivity contribution < 1.29 is 22.0 Å². The number of hydrogen-bond donors (Lipinski definition) is 0. The lowest BCUT2D eigenvalue weighted by molar-refractivity contribution is -0.138. The van der Waals surface area contributed by atoms with Gasteiger partial charge in [0.05, 0.1) is 5.56 Å². The topological polar surface area (TPSA) is 30.7 Å². The summed E-state index contributed by atoms with van der Waals surface area (Å²) in [5.74, 6) is -0.347. The maximum atomic E-state index is 13.5. The molecule has 0 fully saturated rings. The van der Waals surface area contributed by atoms with Crippen molar-refractivity contribution in [3.63, 3.8) is 0 Å². The van der Waals surface area contributed by atoms with E-state index >= 15 is 0 Å². The Balaban J connectivity index is 1.71. The molecule has 0 saturated carbocycles. The quantitative estimate of drug-likeness (QED) is 0.211. The highest BCUT2D eigenvalue weighted by molar-refractivity contribution is 7.98. The number of hydrogen-bond acceptors (Lipinski definition) is 3. The molecule has 0 atom stereocenters. The summed E-state index contributed by atoms with van der Waals surface area (Å²) in [5, 5.41) is 8.89. The van der Waals surface area contributed by atoms with Crippen LogP contribution in [0.3, 0.4) is 0 Å². The smallest absolute Gasteiger partial charge is 0.274 e. The Hall–Kier alpha value is -2.91. The van der Waals surface area contributed by atoms with Crippen molar-refractivity contribution in [2.24, 2.45) is 0 Å². The van der Waals surface area contributed by atoms with Gasteiger partial charge in [-0.3, -0.25) is 4.57 Å². The van der Waals surface area contributed by atoms with Gasteiger partial charge < -0.3 is 0 Å². The highest BCUT2D eigenvalue weighted by atomic mass is 35.5. The van der Waals surface area contributed by atoms with Crippen LogP contribution in [-0.4, -0.2) is 14.8 Å². The first-order valence-corrected chi connectivity index (χ1v) is 11.0. The largest absolute Gasteiger partial charge is 0.416 e. The van der Waals surface area contributed by atoms with E-state index in [2.05, 4.69) is 10.2 Å². The fraction of sp³-hybridized carbons (Fsp3) is 0.130. The van der Waals surface area contributed by atoms with Crippen LogP contribution in [0.2, 0.25) is 5.02 Å². The van der Waals surface area contributed by atoms with E-state index in [1.165, 1.54) is 66.4 Å². The van der Waals surface area contributed by atoms with Gasteiger partial charge in [0.25, 0.3) is 0 Å². The van der Waals surface area contributed by atoms with Crippen molar-refractivity contribution in [1.29, 1.82) is 0 Å². The number of benzene rings is 3. The van der Waals surface area contributed by atoms with E-state index in [9.17, 15) is 22.0 Å². The minimum atomic E-state index is -4.52. The van der Waals surface area contributed by atoms with Crippen LogP contribution in [0.15, 0.2) is 71.9 Å². The zero-order valence-corrected chi connectivity index (χ0v) is 18.4. The molecule has 0 radical (unpaired) electrons. The van der Waals surface area contributed by atoms with Crippen molar-refractivity contribution in [3.05, 3.63) is 106 Å². The number of aromatic nitrogens is 3. The Labute approximate surface area is 195 Å². The highest BCUT2D eigenvalue weighted by Gasteiger charge is 2.33. The molecule has 1 heterocycles. The van der Waals surface area contributed by atoms with Gasteiger partial charge in [-0.05, 0) is 53.6 Å². The second kappa shape index (κ2) is 9.52. The fourth-order valence-corrected chi connectivity index (χ4v) is 4.55. The summed E-state index contributed by atoms with van der Waals surface area (Å²) in [6, 6.07) is 14.7. The van der Waals surface area contributed by atoms with Crippen LogP contribution in [0.25, 0.3) is 5.69 Å². The van der Waals surface area contributed by atoms with Crippen LogP contribution >= 0.6 is 23.4 Å². The van der Waals surface area contributed by atoms with Crippen molar-refractivity contribution in [1.82, 2.24) is 14.8 Å². The molecule has 0 saturated heterocycles. The molecule has 3 aromatic carbocycles. The first-order valence-electron chi connectivity index (χ1n) is 9.64. The summed E-state index contributed by atoms with van der Waals surface area (Å²) >= 11 is 7.33. The molecular weight excluding hydrogens is 481 g/mol. The molecule has 4 aromatic rings. The third-order valence-electron chi connectivity index (χ3n) is 4.83. The number of thioether (sulfide) groups is 1. The predicted octanol–water partition coefficient (Wildman–Crippen LogP) is 7.10. The van der Waals surface area contributed by atoms with Crippen LogP contribution in [-0.2, 0) is 18.3 Å². The number of nitrogens with zero attached hydrogens (tertiary/aromatic N) is 3. The molecule has 3 nitrogen and oxygen atoms in total. The lowest BCUT2D eigenvalue weighted by Gasteiger charge is -2.14. The third-order valence-corrected chi connectivity index (χ3v) is 6.16. The molecule has 10 heteroatoms. The molecule has 0 spiro atoms. The van der Waals surface area contributed by atoms with Crippen molar-refractivity contribution in [2.75, 3.05) is 0 Å². The Morgan fingerprint density at radius 1 is 0.848 bits per heavy atom. The molecule has 0 aliphatic carbocycles. The Kier molecular flexibility index (Phi) is 6.71. The van der Waals surface area contributed by atoms with Crippen molar-refractivity contribution in [2.45, 2.75) is 23.5 Å². The standard InChI is InChI=1S/C23H15ClF5N3S/c24-20-12-17(26)6-5-15(20)13-33-22-31-30-21(32(22)18-9-7-16(25)8-10-18)11-14-3-1-2-4-19(14)23(27,28)29/h1-10,12H,11,13H2. The van der Waals surface area contributed by atoms with Gasteiger partial charge in [-0.25, -0.2) is 8.78 Å². The summed E-state index contributed by atoms with van der Waals surface area (Å²) in [4.78, 5) is 0. The molecule has 0 amide bonds. The van der Waals surface area contributed by atoms with Crippen LogP contribution in [0.4, 0.5) is 22.0 Å². The van der Waals surface area contributed by atoms with Gasteiger partial charge in [0, 0.05) is 22.9 Å². The van der Waals surface area contributed by atoms with Gasteiger partial charge in [-0.2, -0.15) is 13.2 Å². The predicted molar refractivity (Wildman–Crippen MR) is 117 cm³/mol. The lowest BCUT2D eigenvalue weighted by atomic mass is 10.0. The van der Waals surface area contributed by atoms with Gasteiger partial charge in [-0.15, -0.1) is 10.2 Å². The molecule has 0 unspecified atom stereocenters. The van der Waals surface area contributed by atoms with Crippen LogP contribution in [0.5, 0.6) is 0 Å². The Bertz CT molecular complexity index is 1270. The zero-order valence-electron chi connectivity index (χ0n) is 16.8. The molecule has 0 aliphatic heterocycles. The zero-order chi connectivity index (χ0) is 23.6. The van der Waals surface area contributed by atoms with E-state index in [0.29, 0.717) is 22.2 Å². The average molecular weight is 496 g/mol. The molecule has 0 bridgehead atoms. The first-order chi connectivity index (χ1) is 15.7. The van der Waals surface area contributed by atoms with E-state index in [1.807, 2.05) is 0 Å². The second-order valence-corrected chi connectivity index (χ2v) is 8.42. The minimum Gasteiger partial charge on any atom is -0.274 e. The molecular formula is C23H15ClF5N3S. The Morgan fingerprint density at radius 3 is 2.24 bits per heavy atom. The molecule has 0 aliphatic rings. The fourth-order valence-electron chi connectivity index (χ4n) is 3.26. The maximum absolute atomic E-state index is 13.5. The van der Waals surface area contributed by atoms with E-state index in [4.69, 9.17) is 11.6 Å². The van der Waals surface area contributed by atoms with Gasteiger partial charge in [0.15, 0.2) is 5.16 Å². The number of halogens is 6. The third kappa shape index (κ3) is 5.36. The van der Waals surface area contributed by atoms with Crippen LogP contribution in [0, 0.1) is 11.6 Å². The number of alkyl halides is 3. The van der Waals surface area contributed by atoms with Gasteiger partial charge in [0.1, 0.15) is 17.5 Å². The van der Waals surface area contributed by atoms with E-state index in [0.717, 1.165) is 6.07 Å². The van der Waals surface area contributed by atoms with E-state index < -0.39 is 23.4 Å². The minimum absolute atomic E-state index is 0.0406. The van der Waals surface area contributed by atoms with Crippen molar-refractivity contribution >= 4 is 23.4 Å². The van der Waals surface area contributed by atoms with E-state index in [-0.39, 0.29) is 22.8 Å². The summed E-state index contributed by atoms with van der Waals surface area (Å²) in [6.45, 7) is 0. The molecule has 1 aromatic heterocycles. The molecule has 4 rings (SSSR count). The van der Waals surface area contributed by atoms with Crippen molar-refractivity contribution in [3.8, 4) is 5.69 Å². The Morgan fingerprint density at radius 2 is 1.55 bits per heavy atom. The summed E-state index contributed by atoms with van der Waals surface area (Å²) in [6.07, 6.45) is -4.66. The summed E-state index contributed by atoms with van der Waals surface area (Å²) in [5.41, 5.74) is 0.430. The monoisotopic (exact) mass is 495 g/mol. The number of rotatable bonds is 6. The SMILES string of the molecule is Fc1ccc(-n2c(Cc3ccccc3C(F)(F)F)nnc2SCc2ccc(F)cc2Cl)cc1. The van der Waals surface area contributed by atoms with Crippen LogP contribution in [0.1, 0.15) is 22.5 Å². The highest BCUT2D eigenvalue weighted by Crippen LogP contribution is 2.34. The van der Waals surface area contributed by atoms with Gasteiger partial charge >= 0.3 is 6.18 Å². The molecule has 170 valence electrons. The molecule has 0 N–H and O–H groups in total. The summed E-state index contributed by atoms with van der Waals surface area (Å²) < 4.78 is 68.8. The summed E-state index contributed by atoms with van der Waals surface area (Å²) in [7, 11) is 0. The van der Waals surface area contributed by atoms with Gasteiger partial charge in [-0.1, -0.05) is 47.6 Å². The lowest BCUT2D eigenvalue weighted by Crippen LogP contribution is -2.11. The second-order valence-electron chi connectivity index (χ2n) is 7.07. The average Bonchev–Trinajstić information content (AvgIpc) is 3.16. The maximum Gasteiger partial charge on any atom is 0.416 e. The normalized spacial score (nSPS) is 11.7.